The van der Waals surface area contributed by atoms with Crippen molar-refractivity contribution in [2.45, 2.75) is 52.0 Å². The van der Waals surface area contributed by atoms with Gasteiger partial charge in [-0.2, -0.15) is 0 Å². The third-order valence-corrected chi connectivity index (χ3v) is 6.26. The van der Waals surface area contributed by atoms with Crippen molar-refractivity contribution in [2.24, 2.45) is 0 Å². The van der Waals surface area contributed by atoms with E-state index in [1.54, 1.807) is 17.9 Å². The lowest BCUT2D eigenvalue weighted by molar-refractivity contribution is -0.142. The van der Waals surface area contributed by atoms with E-state index in [-0.39, 0.29) is 11.7 Å². The van der Waals surface area contributed by atoms with E-state index in [4.69, 9.17) is 4.74 Å². The van der Waals surface area contributed by atoms with Crippen LogP contribution in [0.3, 0.4) is 0 Å². The topological polar surface area (TPSA) is 78.9 Å². The fourth-order valence-electron chi connectivity index (χ4n) is 3.47. The fraction of sp³-hybridized carbons (Fsp3) is 0.400. The van der Waals surface area contributed by atoms with E-state index in [2.05, 4.69) is 4.72 Å². The zero-order chi connectivity index (χ0) is 23.2. The van der Waals surface area contributed by atoms with E-state index in [9.17, 15) is 31.1 Å². The van der Waals surface area contributed by atoms with Crippen molar-refractivity contribution >= 4 is 21.4 Å². The van der Waals surface area contributed by atoms with Gasteiger partial charge in [0.1, 0.15) is 5.75 Å². The Morgan fingerprint density at radius 1 is 1.13 bits per heavy atom. The van der Waals surface area contributed by atoms with E-state index in [1.165, 1.54) is 12.1 Å². The van der Waals surface area contributed by atoms with E-state index in [0.29, 0.717) is 11.3 Å². The molecule has 0 aromatic heterocycles. The predicted molar refractivity (Wildman–Crippen MR) is 107 cm³/mol. The quantitative estimate of drug-likeness (QED) is 0.517. The number of sulfonamides is 1. The van der Waals surface area contributed by atoms with Gasteiger partial charge in [0.25, 0.3) is 0 Å². The number of nitrogens with one attached hydrogen (secondary N) is 1. The van der Waals surface area contributed by atoms with Gasteiger partial charge in [-0.3, -0.25) is 4.72 Å². The fourth-order valence-corrected chi connectivity index (χ4v) is 4.66. The van der Waals surface area contributed by atoms with E-state index in [1.807, 2.05) is 13.8 Å². The van der Waals surface area contributed by atoms with Crippen LogP contribution in [0.4, 0.5) is 28.9 Å². The zero-order valence-electron chi connectivity index (χ0n) is 17.2. The average Bonchev–Trinajstić information content (AvgIpc) is 2.68. The summed E-state index contributed by atoms with van der Waals surface area (Å²) in [7, 11) is -4.43. The SMILES string of the molecule is Cc1c(F)c(F)c(CS(=O)(=O)Nc2ccc3c(c2)C(C)OC(O)N3C(C)C)c(F)c1F. The molecule has 31 heavy (non-hydrogen) atoms. The highest BCUT2D eigenvalue weighted by molar-refractivity contribution is 7.91. The van der Waals surface area contributed by atoms with Gasteiger partial charge in [0.2, 0.25) is 16.4 Å². The minimum absolute atomic E-state index is 0.0585. The van der Waals surface area contributed by atoms with Gasteiger partial charge in [-0.1, -0.05) is 0 Å². The largest absolute Gasteiger partial charge is 0.351 e. The maximum atomic E-state index is 14.1. The molecule has 170 valence electrons. The Hall–Kier alpha value is -2.37. The second-order valence-electron chi connectivity index (χ2n) is 7.60. The summed E-state index contributed by atoms with van der Waals surface area (Å²) >= 11 is 0. The van der Waals surface area contributed by atoms with Crippen molar-refractivity contribution in [2.75, 3.05) is 9.62 Å². The van der Waals surface area contributed by atoms with E-state index < -0.39 is 62.7 Å². The molecule has 11 heteroatoms. The molecular weight excluding hydrogens is 440 g/mol. The maximum Gasteiger partial charge on any atom is 0.238 e. The minimum atomic E-state index is -4.43. The Bertz CT molecular complexity index is 1100. The first kappa shape index (κ1) is 23.3. The van der Waals surface area contributed by atoms with Crippen molar-refractivity contribution < 1.29 is 35.8 Å². The Kier molecular flexibility index (Phi) is 6.23. The first-order valence-corrected chi connectivity index (χ1v) is 11.1. The van der Waals surface area contributed by atoms with Crippen molar-refractivity contribution in [3.05, 3.63) is 58.2 Å². The molecule has 0 spiro atoms. The molecule has 0 saturated carbocycles. The summed E-state index contributed by atoms with van der Waals surface area (Å²) in [6.45, 7) is 6.19. The molecule has 0 bridgehead atoms. The molecule has 1 aliphatic rings. The van der Waals surface area contributed by atoms with Crippen LogP contribution >= 0.6 is 0 Å². The molecule has 1 heterocycles. The highest BCUT2D eigenvalue weighted by Crippen LogP contribution is 2.38. The van der Waals surface area contributed by atoms with Crippen LogP contribution in [-0.4, -0.2) is 26.0 Å². The summed E-state index contributed by atoms with van der Waals surface area (Å²) in [6, 6.07) is 4.31. The molecule has 2 atom stereocenters. The number of ether oxygens (including phenoxy) is 1. The minimum Gasteiger partial charge on any atom is -0.351 e. The molecule has 0 aliphatic carbocycles. The number of halogens is 4. The third-order valence-electron chi connectivity index (χ3n) is 5.05. The molecule has 2 aromatic rings. The first-order chi connectivity index (χ1) is 14.3. The first-order valence-electron chi connectivity index (χ1n) is 9.41. The Balaban J connectivity index is 1.93. The zero-order valence-corrected chi connectivity index (χ0v) is 18.0. The second kappa shape index (κ2) is 8.29. The van der Waals surface area contributed by atoms with Crippen LogP contribution in [0, 0.1) is 30.2 Å². The van der Waals surface area contributed by atoms with Gasteiger partial charge in [0.15, 0.2) is 23.3 Å². The van der Waals surface area contributed by atoms with Crippen LogP contribution < -0.4 is 9.62 Å². The van der Waals surface area contributed by atoms with Crippen molar-refractivity contribution in [3.8, 4) is 0 Å². The molecule has 2 unspecified atom stereocenters. The summed E-state index contributed by atoms with van der Waals surface area (Å²) in [5.74, 6) is -8.10. The number of rotatable bonds is 5. The van der Waals surface area contributed by atoms with Crippen LogP contribution in [0.5, 0.6) is 0 Å². The van der Waals surface area contributed by atoms with Gasteiger partial charge in [0.05, 0.1) is 6.10 Å². The van der Waals surface area contributed by atoms with Crippen molar-refractivity contribution in [1.82, 2.24) is 0 Å². The summed E-state index contributed by atoms with van der Waals surface area (Å²) < 4.78 is 88.3. The molecule has 2 N–H and O–H groups in total. The maximum absolute atomic E-state index is 14.1. The van der Waals surface area contributed by atoms with Crippen molar-refractivity contribution in [1.29, 1.82) is 0 Å². The lowest BCUT2D eigenvalue weighted by Crippen LogP contribution is -2.46. The normalized spacial score (nSPS) is 19.0. The summed E-state index contributed by atoms with van der Waals surface area (Å²) in [5, 5.41) is 10.2. The molecule has 6 nitrogen and oxygen atoms in total. The lowest BCUT2D eigenvalue weighted by atomic mass is 10.0. The van der Waals surface area contributed by atoms with Crippen LogP contribution in [-0.2, 0) is 20.5 Å². The summed E-state index contributed by atoms with van der Waals surface area (Å²) in [5.41, 5.74) is -0.835. The summed E-state index contributed by atoms with van der Waals surface area (Å²) in [6.07, 6.45) is -1.75. The standard InChI is InChI=1S/C20H22F4N2O4S/c1-9(2)26-15-6-5-12(7-13(15)11(4)30-20(26)27)25-31(28,29)8-14-18(23)16(21)10(3)17(22)19(14)24/h5-7,9,11,20,25,27H,8H2,1-4H3. The predicted octanol–water partition coefficient (Wildman–Crippen LogP) is 4.08. The average molecular weight is 462 g/mol. The summed E-state index contributed by atoms with van der Waals surface area (Å²) in [4.78, 5) is 1.59. The molecule has 0 fully saturated rings. The highest BCUT2D eigenvalue weighted by Gasteiger charge is 2.32. The molecule has 0 radical (unpaired) electrons. The van der Waals surface area contributed by atoms with Gasteiger partial charge < -0.3 is 14.7 Å². The van der Waals surface area contributed by atoms with E-state index in [0.717, 1.165) is 6.92 Å². The smallest absolute Gasteiger partial charge is 0.238 e. The Labute approximate surface area is 177 Å². The Morgan fingerprint density at radius 2 is 1.71 bits per heavy atom. The number of aliphatic hydroxyl groups excluding tert-OH is 1. The lowest BCUT2D eigenvalue weighted by Gasteiger charge is -2.41. The number of anilines is 2. The number of fused-ring (bicyclic) bond motifs is 1. The van der Waals surface area contributed by atoms with Gasteiger partial charge >= 0.3 is 0 Å². The van der Waals surface area contributed by atoms with Gasteiger partial charge in [0, 0.05) is 34.1 Å². The monoisotopic (exact) mass is 462 g/mol. The number of hydrogen-bond donors (Lipinski definition) is 2. The van der Waals surface area contributed by atoms with Crippen molar-refractivity contribution in [3.63, 3.8) is 0 Å². The molecule has 1 aliphatic heterocycles. The molecule has 0 amide bonds. The van der Waals surface area contributed by atoms with Crippen LogP contribution in [0.25, 0.3) is 0 Å². The Morgan fingerprint density at radius 3 is 2.26 bits per heavy atom. The van der Waals surface area contributed by atoms with Crippen LogP contribution in [0.15, 0.2) is 18.2 Å². The van der Waals surface area contributed by atoms with Gasteiger partial charge in [-0.25, -0.2) is 26.0 Å². The molecular formula is C20H22F4N2O4S. The van der Waals surface area contributed by atoms with Crippen LogP contribution in [0.1, 0.15) is 43.6 Å². The van der Waals surface area contributed by atoms with E-state index >= 15 is 0 Å². The van der Waals surface area contributed by atoms with Gasteiger partial charge in [-0.15, -0.1) is 0 Å². The number of aliphatic hydroxyl groups is 1. The second-order valence-corrected chi connectivity index (χ2v) is 9.32. The molecule has 3 rings (SSSR count). The molecule has 2 aromatic carbocycles. The molecule has 0 saturated heterocycles. The van der Waals surface area contributed by atoms with Gasteiger partial charge in [-0.05, 0) is 45.9 Å². The highest BCUT2D eigenvalue weighted by atomic mass is 32.2. The third kappa shape index (κ3) is 4.35. The number of hydrogen-bond acceptors (Lipinski definition) is 5. The number of benzene rings is 2. The van der Waals surface area contributed by atoms with Crippen LogP contribution in [0.2, 0.25) is 0 Å². The number of nitrogens with zero attached hydrogens (tertiary/aromatic N) is 1.